The van der Waals surface area contributed by atoms with Crippen LogP contribution in [-0.4, -0.2) is 34.6 Å². The molecule has 1 amide bonds. The predicted octanol–water partition coefficient (Wildman–Crippen LogP) is 3.39. The van der Waals surface area contributed by atoms with E-state index in [0.717, 1.165) is 11.3 Å². The number of benzene rings is 1. The lowest BCUT2D eigenvalue weighted by atomic mass is 10.1. The van der Waals surface area contributed by atoms with Crippen LogP contribution in [0.15, 0.2) is 33.0 Å². The van der Waals surface area contributed by atoms with Crippen molar-refractivity contribution in [3.05, 3.63) is 45.3 Å². The number of aromatic nitrogens is 1. The van der Waals surface area contributed by atoms with E-state index in [0.29, 0.717) is 33.7 Å². The van der Waals surface area contributed by atoms with Crippen molar-refractivity contribution in [3.8, 4) is 16.3 Å². The molecule has 9 heteroatoms. The summed E-state index contributed by atoms with van der Waals surface area (Å²) in [6, 6.07) is 2.29. The first-order valence-electron chi connectivity index (χ1n) is 9.87. The highest BCUT2D eigenvalue weighted by molar-refractivity contribution is 7.13. The second-order valence-electron chi connectivity index (χ2n) is 7.50. The number of aliphatic carboxylic acids is 1. The highest BCUT2D eigenvalue weighted by atomic mass is 32.1. The molecule has 0 aliphatic carbocycles. The number of aryl methyl sites for hydroxylation is 2. The van der Waals surface area contributed by atoms with Crippen LogP contribution in [0.5, 0.6) is 5.75 Å². The van der Waals surface area contributed by atoms with Gasteiger partial charge >= 0.3 is 5.97 Å². The number of fused-ring (bicyclic) bond motifs is 1. The van der Waals surface area contributed by atoms with Gasteiger partial charge in [-0.3, -0.25) is 9.59 Å². The summed E-state index contributed by atoms with van der Waals surface area (Å²) in [6.07, 6.45) is 1.95. The topological polar surface area (TPSA) is 119 Å². The summed E-state index contributed by atoms with van der Waals surface area (Å²) >= 11 is 1.38. The molecule has 2 N–H and O–H groups in total. The largest absolute Gasteiger partial charge is 0.483 e. The van der Waals surface area contributed by atoms with Crippen molar-refractivity contribution in [3.63, 3.8) is 0 Å². The highest BCUT2D eigenvalue weighted by Gasteiger charge is 2.23. The molecule has 1 aromatic carbocycles. The van der Waals surface area contributed by atoms with Crippen LogP contribution in [-0.2, 0) is 16.0 Å². The number of nitrogens with zero attached hydrogens (tertiary/aromatic N) is 1. The van der Waals surface area contributed by atoms with Crippen molar-refractivity contribution in [2.75, 3.05) is 6.61 Å². The minimum absolute atomic E-state index is 0.184. The number of ether oxygens (including phenoxy) is 1. The molecule has 2 aromatic heterocycles. The molecule has 1 atom stereocenters. The maximum atomic E-state index is 13.0. The van der Waals surface area contributed by atoms with Crippen LogP contribution in [0.25, 0.3) is 21.5 Å². The fourth-order valence-electron chi connectivity index (χ4n) is 3.11. The van der Waals surface area contributed by atoms with E-state index in [9.17, 15) is 19.5 Å². The van der Waals surface area contributed by atoms with E-state index >= 15 is 0 Å². The van der Waals surface area contributed by atoms with Crippen LogP contribution in [0.3, 0.4) is 0 Å². The Bertz CT molecular complexity index is 1180. The van der Waals surface area contributed by atoms with Gasteiger partial charge in [-0.25, -0.2) is 9.78 Å². The van der Waals surface area contributed by atoms with E-state index in [1.807, 2.05) is 19.2 Å². The molecule has 0 aliphatic heterocycles. The Morgan fingerprint density at radius 3 is 2.65 bits per heavy atom. The summed E-state index contributed by atoms with van der Waals surface area (Å²) in [4.78, 5) is 40.8. The number of carboxylic acids is 1. The summed E-state index contributed by atoms with van der Waals surface area (Å²) in [5, 5.41) is 14.5. The summed E-state index contributed by atoms with van der Waals surface area (Å²) in [6.45, 7) is 6.83. The number of amides is 1. The van der Waals surface area contributed by atoms with Crippen molar-refractivity contribution in [1.29, 1.82) is 0 Å². The molecule has 2 heterocycles. The number of carbonyl (C=O) groups excluding carboxylic acids is 1. The molecule has 0 aliphatic rings. The van der Waals surface area contributed by atoms with Gasteiger partial charge in [0, 0.05) is 17.1 Å². The first-order chi connectivity index (χ1) is 14.7. The van der Waals surface area contributed by atoms with Crippen molar-refractivity contribution < 1.29 is 23.8 Å². The zero-order valence-electron chi connectivity index (χ0n) is 17.7. The van der Waals surface area contributed by atoms with Crippen molar-refractivity contribution in [2.45, 2.75) is 40.2 Å². The fraction of sp³-hybridized carbons (Fsp3) is 0.364. The SMILES string of the molecule is CCc1cc2c(=O)c(-c3nc(C)cs3)coc2cc1OCC(=O)N[C@H](C(=O)O)C(C)C. The van der Waals surface area contributed by atoms with Gasteiger partial charge in [0.1, 0.15) is 28.6 Å². The molecule has 0 bridgehead atoms. The molecule has 0 radical (unpaired) electrons. The third-order valence-electron chi connectivity index (χ3n) is 4.79. The van der Waals surface area contributed by atoms with E-state index in [1.165, 1.54) is 17.6 Å². The van der Waals surface area contributed by atoms with Gasteiger partial charge in [-0.2, -0.15) is 0 Å². The van der Waals surface area contributed by atoms with E-state index < -0.39 is 17.9 Å². The average molecular weight is 445 g/mol. The van der Waals surface area contributed by atoms with Crippen LogP contribution in [0.2, 0.25) is 0 Å². The Labute approximate surface area is 182 Å². The molecule has 31 heavy (non-hydrogen) atoms. The zero-order chi connectivity index (χ0) is 22.7. The highest BCUT2D eigenvalue weighted by Crippen LogP contribution is 2.28. The van der Waals surface area contributed by atoms with E-state index in [2.05, 4.69) is 10.3 Å². The lowest BCUT2D eigenvalue weighted by Crippen LogP contribution is -2.46. The quantitative estimate of drug-likeness (QED) is 0.547. The molecule has 0 unspecified atom stereocenters. The third-order valence-corrected chi connectivity index (χ3v) is 5.79. The molecular formula is C22H24N2O6S. The first-order valence-corrected chi connectivity index (χ1v) is 10.7. The van der Waals surface area contributed by atoms with Gasteiger partial charge in [0.05, 0.1) is 10.9 Å². The predicted molar refractivity (Wildman–Crippen MR) is 118 cm³/mol. The van der Waals surface area contributed by atoms with Gasteiger partial charge < -0.3 is 19.6 Å². The maximum Gasteiger partial charge on any atom is 0.326 e. The standard InChI is InChI=1S/C22H24N2O6S/c1-5-13-6-14-17(29-8-15(20(14)26)21-23-12(4)10-31-21)7-16(13)30-9-18(25)24-19(11(2)3)22(27)28/h6-8,10-11,19H,5,9H2,1-4H3,(H,24,25)(H,27,28)/t19-/m0/s1. The zero-order valence-corrected chi connectivity index (χ0v) is 18.5. The lowest BCUT2D eigenvalue weighted by Gasteiger charge is -2.18. The van der Waals surface area contributed by atoms with E-state index in [1.54, 1.807) is 26.0 Å². The Morgan fingerprint density at radius 2 is 2.06 bits per heavy atom. The maximum absolute atomic E-state index is 13.0. The molecule has 0 spiro atoms. The van der Waals surface area contributed by atoms with Gasteiger partial charge in [-0.15, -0.1) is 11.3 Å². The van der Waals surface area contributed by atoms with Crippen LogP contribution in [0.4, 0.5) is 0 Å². The molecule has 0 fully saturated rings. The molecule has 0 saturated heterocycles. The van der Waals surface area contributed by atoms with Gasteiger partial charge in [0.2, 0.25) is 5.43 Å². The molecule has 3 rings (SSSR count). The normalized spacial score (nSPS) is 12.2. The second-order valence-corrected chi connectivity index (χ2v) is 8.36. The lowest BCUT2D eigenvalue weighted by molar-refractivity contribution is -0.143. The van der Waals surface area contributed by atoms with E-state index in [-0.39, 0.29) is 18.0 Å². The summed E-state index contributed by atoms with van der Waals surface area (Å²) < 4.78 is 11.3. The van der Waals surface area contributed by atoms with Gasteiger partial charge in [-0.1, -0.05) is 20.8 Å². The van der Waals surface area contributed by atoms with Crippen molar-refractivity contribution >= 4 is 34.2 Å². The molecular weight excluding hydrogens is 420 g/mol. The number of rotatable bonds is 8. The Kier molecular flexibility index (Phi) is 6.74. The molecule has 3 aromatic rings. The summed E-state index contributed by atoms with van der Waals surface area (Å²) in [5.41, 5.74) is 2.11. The molecule has 164 valence electrons. The molecule has 8 nitrogen and oxygen atoms in total. The van der Waals surface area contributed by atoms with Crippen LogP contribution >= 0.6 is 11.3 Å². The smallest absolute Gasteiger partial charge is 0.326 e. The number of thiazole rings is 1. The van der Waals surface area contributed by atoms with Crippen LogP contribution < -0.4 is 15.5 Å². The minimum atomic E-state index is -1.10. The minimum Gasteiger partial charge on any atom is -0.483 e. The number of hydrogen-bond acceptors (Lipinski definition) is 7. The Hall–Kier alpha value is -3.20. The second kappa shape index (κ2) is 9.30. The number of hydrogen-bond donors (Lipinski definition) is 2. The number of carboxylic acid groups (broad SMARTS) is 1. The Balaban J connectivity index is 1.86. The monoisotopic (exact) mass is 444 g/mol. The van der Waals surface area contributed by atoms with Gasteiger partial charge in [0.25, 0.3) is 5.91 Å². The van der Waals surface area contributed by atoms with Crippen molar-refractivity contribution in [2.24, 2.45) is 5.92 Å². The summed E-state index contributed by atoms with van der Waals surface area (Å²) in [5.74, 6) is -1.50. The summed E-state index contributed by atoms with van der Waals surface area (Å²) in [7, 11) is 0. The number of nitrogens with one attached hydrogen (secondary N) is 1. The fourth-order valence-corrected chi connectivity index (χ4v) is 3.91. The Morgan fingerprint density at radius 1 is 1.32 bits per heavy atom. The van der Waals surface area contributed by atoms with Gasteiger partial charge in [0.15, 0.2) is 6.61 Å². The number of carbonyl (C=O) groups is 2. The molecule has 0 saturated carbocycles. The third kappa shape index (κ3) is 4.93. The van der Waals surface area contributed by atoms with E-state index in [4.69, 9.17) is 9.15 Å². The van der Waals surface area contributed by atoms with Crippen LogP contribution in [0.1, 0.15) is 32.0 Å². The van der Waals surface area contributed by atoms with Gasteiger partial charge in [-0.05, 0) is 30.9 Å². The average Bonchev–Trinajstić information content (AvgIpc) is 3.15. The van der Waals surface area contributed by atoms with Crippen molar-refractivity contribution in [1.82, 2.24) is 10.3 Å². The van der Waals surface area contributed by atoms with Crippen LogP contribution in [0, 0.1) is 12.8 Å². The first kappa shape index (κ1) is 22.5.